The van der Waals surface area contributed by atoms with Gasteiger partial charge in [-0.2, -0.15) is 5.26 Å². The maximum atomic E-state index is 11.8. The van der Waals surface area contributed by atoms with Crippen LogP contribution in [0.15, 0.2) is 35.4 Å². The van der Waals surface area contributed by atoms with Crippen molar-refractivity contribution in [2.24, 2.45) is 0 Å². The Morgan fingerprint density at radius 1 is 1.16 bits per heavy atom. The summed E-state index contributed by atoms with van der Waals surface area (Å²) in [7, 11) is 0. The van der Waals surface area contributed by atoms with Crippen LogP contribution in [0.2, 0.25) is 0 Å². The normalized spacial score (nSPS) is 10.4. The van der Waals surface area contributed by atoms with Crippen LogP contribution < -0.4 is 9.47 Å². The third-order valence-corrected chi connectivity index (χ3v) is 2.81. The van der Waals surface area contributed by atoms with Crippen LogP contribution >= 0.6 is 0 Å². The number of allylic oxidation sites excluding steroid dienone is 1. The van der Waals surface area contributed by atoms with Crippen LogP contribution in [0.4, 0.5) is 0 Å². The number of carbonyl (C=O) groups is 2. The number of nitrogens with zero attached hydrogens (tertiary/aromatic N) is 1. The molecule has 0 fully saturated rings. The van der Waals surface area contributed by atoms with E-state index < -0.39 is 11.9 Å². The van der Waals surface area contributed by atoms with Crippen LogP contribution in [-0.2, 0) is 14.3 Å². The number of hydrogen-bond donors (Lipinski definition) is 0. The van der Waals surface area contributed by atoms with Gasteiger partial charge in [0.05, 0.1) is 13.2 Å². The summed E-state index contributed by atoms with van der Waals surface area (Å²) < 4.78 is 15.6. The molecule has 1 rings (SSSR count). The Bertz CT molecular complexity index is 737. The summed E-state index contributed by atoms with van der Waals surface area (Å²) in [5.41, 5.74) is 1.24. The van der Waals surface area contributed by atoms with E-state index in [9.17, 15) is 9.59 Å². The highest BCUT2D eigenvalue weighted by Crippen LogP contribution is 2.29. The maximum Gasteiger partial charge on any atom is 0.348 e. The van der Waals surface area contributed by atoms with Crippen molar-refractivity contribution in [2.75, 3.05) is 13.2 Å². The molecule has 25 heavy (non-hydrogen) atoms. The fraction of sp³-hybridized carbons (Fsp3) is 0.316. The zero-order valence-corrected chi connectivity index (χ0v) is 14.8. The van der Waals surface area contributed by atoms with Crippen LogP contribution in [0.5, 0.6) is 11.5 Å². The van der Waals surface area contributed by atoms with Crippen molar-refractivity contribution in [1.29, 1.82) is 5.26 Å². The van der Waals surface area contributed by atoms with Crippen LogP contribution in [0.3, 0.4) is 0 Å². The molecule has 0 heterocycles. The number of nitriles is 1. The molecule has 0 N–H and O–H groups in total. The third kappa shape index (κ3) is 6.51. The second-order valence-electron chi connectivity index (χ2n) is 5.17. The molecule has 0 aliphatic heterocycles. The van der Waals surface area contributed by atoms with Crippen molar-refractivity contribution < 1.29 is 23.8 Å². The van der Waals surface area contributed by atoms with E-state index in [0.717, 1.165) is 5.57 Å². The lowest BCUT2D eigenvalue weighted by atomic mass is 10.1. The highest BCUT2D eigenvalue weighted by atomic mass is 16.6. The molecule has 1 aromatic rings. The summed E-state index contributed by atoms with van der Waals surface area (Å²) in [5.74, 6) is -0.598. The van der Waals surface area contributed by atoms with Gasteiger partial charge in [-0.1, -0.05) is 11.6 Å². The maximum absolute atomic E-state index is 11.8. The number of ether oxygens (including phenoxy) is 3. The van der Waals surface area contributed by atoms with E-state index in [2.05, 4.69) is 0 Å². The van der Waals surface area contributed by atoms with Crippen molar-refractivity contribution in [3.8, 4) is 17.6 Å². The minimum atomic E-state index is -0.693. The zero-order valence-electron chi connectivity index (χ0n) is 14.8. The highest BCUT2D eigenvalue weighted by Gasteiger charge is 2.13. The summed E-state index contributed by atoms with van der Waals surface area (Å²) in [5, 5.41) is 9.09. The second kappa shape index (κ2) is 9.93. The quantitative estimate of drug-likeness (QED) is 0.326. The number of hydrogen-bond acceptors (Lipinski definition) is 6. The van der Waals surface area contributed by atoms with Gasteiger partial charge in [0.25, 0.3) is 0 Å². The van der Waals surface area contributed by atoms with E-state index in [4.69, 9.17) is 19.5 Å². The molecule has 0 unspecified atom stereocenters. The summed E-state index contributed by atoms with van der Waals surface area (Å²) in [4.78, 5) is 23.5. The summed E-state index contributed by atoms with van der Waals surface area (Å²) >= 11 is 0. The topological polar surface area (TPSA) is 85.6 Å². The Hall–Kier alpha value is -3.07. The Balaban J connectivity index is 3.15. The molecule has 1 aromatic carbocycles. The van der Waals surface area contributed by atoms with Crippen LogP contribution in [0.1, 0.15) is 33.3 Å². The zero-order chi connectivity index (χ0) is 18.8. The van der Waals surface area contributed by atoms with Gasteiger partial charge in [-0.25, -0.2) is 9.59 Å². The van der Waals surface area contributed by atoms with Gasteiger partial charge in [0, 0.05) is 6.08 Å². The number of benzene rings is 1. The molecule has 0 amide bonds. The molecule has 6 nitrogen and oxygen atoms in total. The molecule has 0 aliphatic rings. The smallest absolute Gasteiger partial charge is 0.348 e. The Morgan fingerprint density at radius 3 is 2.44 bits per heavy atom. The molecule has 0 saturated carbocycles. The lowest BCUT2D eigenvalue weighted by Crippen LogP contribution is -2.07. The predicted molar refractivity (Wildman–Crippen MR) is 92.9 cm³/mol. The van der Waals surface area contributed by atoms with Gasteiger partial charge in [-0.05, 0) is 51.5 Å². The van der Waals surface area contributed by atoms with Gasteiger partial charge in [-0.15, -0.1) is 0 Å². The van der Waals surface area contributed by atoms with Gasteiger partial charge in [-0.3, -0.25) is 0 Å². The van der Waals surface area contributed by atoms with Gasteiger partial charge >= 0.3 is 11.9 Å². The number of carbonyl (C=O) groups excluding carboxylic acids is 2. The molecule has 0 saturated heterocycles. The highest BCUT2D eigenvalue weighted by molar-refractivity contribution is 5.98. The van der Waals surface area contributed by atoms with Gasteiger partial charge in [0.2, 0.25) is 0 Å². The fourth-order valence-electron chi connectivity index (χ4n) is 1.85. The first kappa shape index (κ1) is 20.0. The van der Waals surface area contributed by atoms with E-state index in [0.29, 0.717) is 17.9 Å². The van der Waals surface area contributed by atoms with Crippen molar-refractivity contribution in [1.82, 2.24) is 0 Å². The fourth-order valence-corrected chi connectivity index (χ4v) is 1.85. The van der Waals surface area contributed by atoms with Crippen molar-refractivity contribution in [2.45, 2.75) is 27.7 Å². The van der Waals surface area contributed by atoms with Gasteiger partial charge < -0.3 is 14.2 Å². The molecular formula is C19H21NO5. The summed E-state index contributed by atoms with van der Waals surface area (Å²) in [6.45, 7) is 7.58. The minimum Gasteiger partial charge on any atom is -0.490 e. The molecule has 0 aliphatic carbocycles. The average molecular weight is 343 g/mol. The third-order valence-electron chi connectivity index (χ3n) is 2.81. The van der Waals surface area contributed by atoms with Gasteiger partial charge in [0.15, 0.2) is 11.5 Å². The van der Waals surface area contributed by atoms with Crippen molar-refractivity contribution in [3.05, 3.63) is 41.0 Å². The van der Waals surface area contributed by atoms with Crippen LogP contribution in [0.25, 0.3) is 6.08 Å². The summed E-state index contributed by atoms with van der Waals surface area (Å²) in [6.07, 6.45) is 2.76. The summed E-state index contributed by atoms with van der Waals surface area (Å²) in [6, 6.07) is 6.56. The molecule has 0 aromatic heterocycles. The SMILES string of the molecule is CCOC(=O)/C(C#N)=C/c1ccc(OC(=O)C=C(C)C)c(OCC)c1. The first-order chi connectivity index (χ1) is 11.9. The molecule has 132 valence electrons. The lowest BCUT2D eigenvalue weighted by Gasteiger charge is -2.11. The molecular weight excluding hydrogens is 322 g/mol. The molecule has 0 spiro atoms. The van der Waals surface area contributed by atoms with Crippen LogP contribution in [-0.4, -0.2) is 25.2 Å². The molecule has 0 atom stereocenters. The van der Waals surface area contributed by atoms with E-state index in [1.165, 1.54) is 12.2 Å². The Morgan fingerprint density at radius 2 is 1.88 bits per heavy atom. The van der Waals surface area contributed by atoms with E-state index in [1.54, 1.807) is 45.9 Å². The Labute approximate surface area is 147 Å². The van der Waals surface area contributed by atoms with Crippen LogP contribution in [0, 0.1) is 11.3 Å². The molecule has 0 bridgehead atoms. The lowest BCUT2D eigenvalue weighted by molar-refractivity contribution is -0.138. The number of esters is 2. The second-order valence-corrected chi connectivity index (χ2v) is 5.17. The number of rotatable bonds is 7. The monoisotopic (exact) mass is 343 g/mol. The first-order valence-corrected chi connectivity index (χ1v) is 7.83. The van der Waals surface area contributed by atoms with Gasteiger partial charge in [0.1, 0.15) is 11.6 Å². The predicted octanol–water partition coefficient (Wildman–Crippen LogP) is 3.43. The molecule has 0 radical (unpaired) electrons. The standard InChI is InChI=1S/C19H21NO5/c1-5-23-17-11-14(10-15(12-20)19(22)24-6-2)7-8-16(17)25-18(21)9-13(3)4/h7-11H,5-6H2,1-4H3/b15-10+. The average Bonchev–Trinajstić information content (AvgIpc) is 2.54. The largest absolute Gasteiger partial charge is 0.490 e. The first-order valence-electron chi connectivity index (χ1n) is 7.83. The minimum absolute atomic E-state index is 0.126. The Kier molecular flexibility index (Phi) is 7.94. The van der Waals surface area contributed by atoms with E-state index in [-0.39, 0.29) is 17.9 Å². The van der Waals surface area contributed by atoms with Crippen molar-refractivity contribution in [3.63, 3.8) is 0 Å². The van der Waals surface area contributed by atoms with E-state index in [1.807, 2.05) is 6.07 Å². The van der Waals surface area contributed by atoms with E-state index >= 15 is 0 Å². The molecule has 6 heteroatoms. The van der Waals surface area contributed by atoms with Crippen molar-refractivity contribution >= 4 is 18.0 Å².